The van der Waals surface area contributed by atoms with Crippen molar-refractivity contribution >= 4 is 46.4 Å². The van der Waals surface area contributed by atoms with E-state index in [9.17, 15) is 14.7 Å². The van der Waals surface area contributed by atoms with Gasteiger partial charge in [0.15, 0.2) is 0 Å². The maximum Gasteiger partial charge on any atom is 0.263 e. The van der Waals surface area contributed by atoms with Crippen LogP contribution in [0.2, 0.25) is 10.0 Å². The number of aliphatic hydroxyl groups excluding tert-OH is 1. The first-order valence-corrected chi connectivity index (χ1v) is 10.8. The number of rotatable bonds is 6. The van der Waals surface area contributed by atoms with Gasteiger partial charge >= 0.3 is 0 Å². The Morgan fingerprint density at radius 2 is 2.00 bits per heavy atom. The van der Waals surface area contributed by atoms with Crippen molar-refractivity contribution in [2.24, 2.45) is 0 Å². The standard InChI is InChI=1S/C19H22Cl2N4O3S/c1-12(26)19(28)25-6-4-24(5-7-25)11-17-22-10-16(29-17)18(27)23-9-13-2-3-14(20)8-15(13)21/h2-3,8,10,12,26H,4-7,9,11H2,1H3,(H,23,27). The Bertz CT molecular complexity index is 882. The molecule has 1 aromatic carbocycles. The molecule has 29 heavy (non-hydrogen) atoms. The molecule has 2 amide bonds. The highest BCUT2D eigenvalue weighted by Crippen LogP contribution is 2.21. The number of benzene rings is 1. The minimum absolute atomic E-state index is 0.202. The Morgan fingerprint density at radius 1 is 1.28 bits per heavy atom. The molecule has 7 nitrogen and oxygen atoms in total. The van der Waals surface area contributed by atoms with Crippen molar-refractivity contribution < 1.29 is 14.7 Å². The number of hydrogen-bond donors (Lipinski definition) is 2. The lowest BCUT2D eigenvalue weighted by Crippen LogP contribution is -2.50. The molecular formula is C19H22Cl2N4O3S. The fourth-order valence-electron chi connectivity index (χ4n) is 3.00. The average molecular weight is 457 g/mol. The normalized spacial score (nSPS) is 15.9. The average Bonchev–Trinajstić information content (AvgIpc) is 3.15. The zero-order valence-corrected chi connectivity index (χ0v) is 18.2. The van der Waals surface area contributed by atoms with E-state index in [1.165, 1.54) is 18.3 Å². The summed E-state index contributed by atoms with van der Waals surface area (Å²) in [6.07, 6.45) is 0.607. The van der Waals surface area contributed by atoms with Crippen molar-refractivity contribution in [3.8, 4) is 0 Å². The molecular weight excluding hydrogens is 435 g/mol. The molecule has 3 rings (SSSR count). The summed E-state index contributed by atoms with van der Waals surface area (Å²) in [5.74, 6) is -0.439. The molecule has 1 aliphatic heterocycles. The fourth-order valence-corrected chi connectivity index (χ4v) is 4.35. The zero-order valence-electron chi connectivity index (χ0n) is 15.9. The number of piperazine rings is 1. The van der Waals surface area contributed by atoms with E-state index in [4.69, 9.17) is 23.2 Å². The van der Waals surface area contributed by atoms with Crippen molar-refractivity contribution in [2.75, 3.05) is 26.2 Å². The van der Waals surface area contributed by atoms with Crippen LogP contribution in [0.5, 0.6) is 0 Å². The number of thiazole rings is 1. The van der Waals surface area contributed by atoms with Gasteiger partial charge in [-0.3, -0.25) is 14.5 Å². The molecule has 156 valence electrons. The molecule has 1 fully saturated rings. The van der Waals surface area contributed by atoms with E-state index < -0.39 is 6.10 Å². The van der Waals surface area contributed by atoms with Gasteiger partial charge in [-0.25, -0.2) is 4.98 Å². The smallest absolute Gasteiger partial charge is 0.263 e. The Balaban J connectivity index is 1.49. The third-order valence-corrected chi connectivity index (χ3v) is 6.20. The van der Waals surface area contributed by atoms with Crippen molar-refractivity contribution in [3.63, 3.8) is 0 Å². The molecule has 0 radical (unpaired) electrons. The first kappa shape index (κ1) is 22.0. The van der Waals surface area contributed by atoms with Gasteiger partial charge < -0.3 is 15.3 Å². The third kappa shape index (κ3) is 5.90. The molecule has 10 heteroatoms. The molecule has 1 saturated heterocycles. The second-order valence-corrected chi connectivity index (χ2v) is 8.77. The summed E-state index contributed by atoms with van der Waals surface area (Å²) in [5.41, 5.74) is 0.791. The highest BCUT2D eigenvalue weighted by atomic mass is 35.5. The van der Waals surface area contributed by atoms with Crippen LogP contribution in [0.4, 0.5) is 0 Å². The Hall–Kier alpha value is -1.71. The Labute approximate surface area is 183 Å². The second-order valence-electron chi connectivity index (χ2n) is 6.81. The SMILES string of the molecule is CC(O)C(=O)N1CCN(Cc2ncc(C(=O)NCc3ccc(Cl)cc3Cl)s2)CC1. The Morgan fingerprint density at radius 3 is 2.66 bits per heavy atom. The highest BCUT2D eigenvalue weighted by Gasteiger charge is 2.24. The number of aliphatic hydroxyl groups is 1. The number of hydrogen-bond acceptors (Lipinski definition) is 6. The minimum Gasteiger partial charge on any atom is -0.384 e. The van der Waals surface area contributed by atoms with Crippen LogP contribution in [-0.4, -0.2) is 64.0 Å². The van der Waals surface area contributed by atoms with E-state index in [1.54, 1.807) is 29.3 Å². The maximum absolute atomic E-state index is 12.4. The summed E-state index contributed by atoms with van der Waals surface area (Å²) in [4.78, 5) is 33.0. The summed E-state index contributed by atoms with van der Waals surface area (Å²) in [6, 6.07) is 5.16. The molecule has 2 aromatic rings. The topological polar surface area (TPSA) is 85.8 Å². The monoisotopic (exact) mass is 456 g/mol. The van der Waals surface area contributed by atoms with Crippen LogP contribution >= 0.6 is 34.5 Å². The lowest BCUT2D eigenvalue weighted by atomic mass is 10.2. The maximum atomic E-state index is 12.4. The van der Waals surface area contributed by atoms with Crippen LogP contribution in [0.3, 0.4) is 0 Å². The van der Waals surface area contributed by atoms with Gasteiger partial charge in [-0.05, 0) is 24.6 Å². The van der Waals surface area contributed by atoms with E-state index in [0.717, 1.165) is 10.6 Å². The molecule has 0 aliphatic carbocycles. The lowest BCUT2D eigenvalue weighted by molar-refractivity contribution is -0.141. The number of amides is 2. The van der Waals surface area contributed by atoms with Crippen LogP contribution in [0.1, 0.15) is 27.2 Å². The van der Waals surface area contributed by atoms with Crippen molar-refractivity contribution in [3.05, 3.63) is 49.9 Å². The van der Waals surface area contributed by atoms with Gasteiger partial charge in [0.2, 0.25) is 0 Å². The van der Waals surface area contributed by atoms with Crippen LogP contribution in [0.15, 0.2) is 24.4 Å². The van der Waals surface area contributed by atoms with E-state index in [1.807, 2.05) is 0 Å². The highest BCUT2D eigenvalue weighted by molar-refractivity contribution is 7.13. The van der Waals surface area contributed by atoms with Gasteiger partial charge in [0.25, 0.3) is 11.8 Å². The molecule has 2 N–H and O–H groups in total. The van der Waals surface area contributed by atoms with Gasteiger partial charge in [0.05, 0.1) is 12.7 Å². The molecule has 1 aliphatic rings. The molecule has 0 bridgehead atoms. The number of nitrogens with one attached hydrogen (secondary N) is 1. The summed E-state index contributed by atoms with van der Waals surface area (Å²) >= 11 is 13.4. The quantitative estimate of drug-likeness (QED) is 0.696. The third-order valence-electron chi connectivity index (χ3n) is 4.63. The zero-order chi connectivity index (χ0) is 21.0. The predicted octanol–water partition coefficient (Wildman–Crippen LogP) is 2.40. The first-order valence-electron chi connectivity index (χ1n) is 9.19. The van der Waals surface area contributed by atoms with Crippen molar-refractivity contribution in [1.82, 2.24) is 20.1 Å². The number of nitrogens with zero attached hydrogens (tertiary/aromatic N) is 3. The van der Waals surface area contributed by atoms with Crippen molar-refractivity contribution in [2.45, 2.75) is 26.1 Å². The first-order chi connectivity index (χ1) is 13.8. The van der Waals surface area contributed by atoms with Gasteiger partial charge in [-0.1, -0.05) is 29.3 Å². The molecule has 1 atom stereocenters. The summed E-state index contributed by atoms with van der Waals surface area (Å²) in [7, 11) is 0. The van der Waals surface area contributed by atoms with E-state index in [-0.39, 0.29) is 11.8 Å². The molecule has 0 spiro atoms. The van der Waals surface area contributed by atoms with Crippen LogP contribution < -0.4 is 5.32 Å². The Kier molecular flexibility index (Phi) is 7.48. The van der Waals surface area contributed by atoms with Gasteiger partial charge in [-0.2, -0.15) is 0 Å². The van der Waals surface area contributed by atoms with Crippen molar-refractivity contribution in [1.29, 1.82) is 0 Å². The summed E-state index contributed by atoms with van der Waals surface area (Å²) < 4.78 is 0. The van der Waals surface area contributed by atoms with E-state index >= 15 is 0 Å². The second kappa shape index (κ2) is 9.86. The molecule has 1 unspecified atom stereocenters. The largest absolute Gasteiger partial charge is 0.384 e. The van der Waals surface area contributed by atoms with Gasteiger partial charge in [-0.15, -0.1) is 11.3 Å². The van der Waals surface area contributed by atoms with Gasteiger partial charge in [0, 0.05) is 42.8 Å². The summed E-state index contributed by atoms with van der Waals surface area (Å²) in [6.45, 7) is 4.97. The molecule has 1 aromatic heterocycles. The lowest BCUT2D eigenvalue weighted by Gasteiger charge is -2.34. The number of halogens is 2. The van der Waals surface area contributed by atoms with E-state index in [0.29, 0.717) is 54.2 Å². The molecule has 0 saturated carbocycles. The van der Waals surface area contributed by atoms with Crippen LogP contribution in [0.25, 0.3) is 0 Å². The summed E-state index contributed by atoms with van der Waals surface area (Å²) in [5, 5.41) is 14.2. The molecule has 2 heterocycles. The number of carbonyl (C=O) groups is 2. The fraction of sp³-hybridized carbons (Fsp3) is 0.421. The number of carbonyl (C=O) groups excluding carboxylic acids is 2. The van der Waals surface area contributed by atoms with Crippen LogP contribution in [0, 0.1) is 0 Å². The van der Waals surface area contributed by atoms with Gasteiger partial charge in [0.1, 0.15) is 16.0 Å². The van der Waals surface area contributed by atoms with E-state index in [2.05, 4.69) is 15.2 Å². The minimum atomic E-state index is -0.968. The van der Waals surface area contributed by atoms with Crippen LogP contribution in [-0.2, 0) is 17.9 Å². The number of aromatic nitrogens is 1. The predicted molar refractivity (Wildman–Crippen MR) is 113 cm³/mol.